The Hall–Kier alpha value is -5.20. The van der Waals surface area contributed by atoms with Crippen LogP contribution < -0.4 is 25.5 Å². The molecule has 0 saturated heterocycles. The van der Waals surface area contributed by atoms with Gasteiger partial charge in [0, 0.05) is 42.7 Å². The predicted octanol–water partition coefficient (Wildman–Crippen LogP) is 17.3. The highest BCUT2D eigenvalue weighted by atomic mass is 32.1. The molecule has 74 heavy (non-hydrogen) atoms. The second kappa shape index (κ2) is 16.2. The highest BCUT2D eigenvalue weighted by Gasteiger charge is 2.50. The van der Waals surface area contributed by atoms with Crippen molar-refractivity contribution in [2.24, 2.45) is 0 Å². The van der Waals surface area contributed by atoms with Gasteiger partial charge in [-0.15, -0.1) is 11.3 Å². The molecule has 0 saturated carbocycles. The van der Waals surface area contributed by atoms with Gasteiger partial charge in [0.1, 0.15) is 17.5 Å². The van der Waals surface area contributed by atoms with Crippen LogP contribution in [0, 0.1) is 0 Å². The van der Waals surface area contributed by atoms with Crippen LogP contribution in [0.2, 0.25) is 0 Å². The van der Waals surface area contributed by atoms with E-state index in [4.69, 9.17) is 9.97 Å². The van der Waals surface area contributed by atoms with Gasteiger partial charge in [-0.3, -0.25) is 9.80 Å². The summed E-state index contributed by atoms with van der Waals surface area (Å²) in [5.74, 6) is 2.84. The molecule has 0 spiro atoms. The summed E-state index contributed by atoms with van der Waals surface area (Å²) in [7, 11) is 0. The summed E-state index contributed by atoms with van der Waals surface area (Å²) in [6.07, 6.45) is 4.61. The molecule has 0 amide bonds. The third-order valence-corrected chi connectivity index (χ3v) is 19.3. The third-order valence-electron chi connectivity index (χ3n) is 18.1. The van der Waals surface area contributed by atoms with Crippen LogP contribution in [0.5, 0.6) is 0 Å². The Morgan fingerprint density at radius 2 is 0.973 bits per heavy atom. The lowest BCUT2D eigenvalue weighted by molar-refractivity contribution is 0.332. The van der Waals surface area contributed by atoms with E-state index in [-0.39, 0.29) is 50.0 Å². The minimum atomic E-state index is -0.358. The van der Waals surface area contributed by atoms with Gasteiger partial charge in [0.05, 0.1) is 11.4 Å². The second-order valence-electron chi connectivity index (χ2n) is 29.8. The zero-order valence-electron chi connectivity index (χ0n) is 48.8. The number of anilines is 6. The number of hydrogen-bond donors (Lipinski definition) is 0. The Balaban J connectivity index is 1.31. The van der Waals surface area contributed by atoms with Crippen molar-refractivity contribution < 1.29 is 0 Å². The van der Waals surface area contributed by atoms with E-state index in [9.17, 15) is 0 Å². The Bertz CT molecular complexity index is 3450. The van der Waals surface area contributed by atoms with Gasteiger partial charge in [-0.1, -0.05) is 193 Å². The number of benzene rings is 5. The average Bonchev–Trinajstić information content (AvgIpc) is 3.69. The van der Waals surface area contributed by atoms with E-state index in [1.54, 1.807) is 0 Å². The van der Waals surface area contributed by atoms with Gasteiger partial charge in [0.25, 0.3) is 6.71 Å². The van der Waals surface area contributed by atoms with Crippen molar-refractivity contribution >= 4 is 78.2 Å². The predicted molar refractivity (Wildman–Crippen MR) is 322 cm³/mol. The Morgan fingerprint density at radius 1 is 0.473 bits per heavy atom. The molecule has 0 unspecified atom stereocenters. The van der Waals surface area contributed by atoms with Crippen LogP contribution in [0.15, 0.2) is 91.0 Å². The number of thiophene rings is 1. The topological polar surface area (TPSA) is 32.3 Å². The molecule has 0 fully saturated rings. The van der Waals surface area contributed by atoms with E-state index in [1.807, 2.05) is 11.3 Å². The van der Waals surface area contributed by atoms with Crippen molar-refractivity contribution in [1.29, 1.82) is 0 Å². The highest BCUT2D eigenvalue weighted by molar-refractivity contribution is 7.33. The molecular weight excluding hydrogens is 916 g/mol. The fourth-order valence-corrected chi connectivity index (χ4v) is 14.2. The van der Waals surface area contributed by atoms with E-state index in [2.05, 4.69) is 239 Å². The summed E-state index contributed by atoms with van der Waals surface area (Å²) in [4.78, 5) is 17.1. The lowest BCUT2D eigenvalue weighted by Gasteiger charge is -2.47. The second-order valence-corrected chi connectivity index (χ2v) is 30.9. The first-order valence-electron chi connectivity index (χ1n) is 27.9. The van der Waals surface area contributed by atoms with Crippen LogP contribution in [0.1, 0.15) is 209 Å². The summed E-state index contributed by atoms with van der Waals surface area (Å²) in [6, 6.07) is 36.8. The fourth-order valence-electron chi connectivity index (χ4n) is 12.9. The van der Waals surface area contributed by atoms with E-state index in [0.29, 0.717) is 0 Å². The van der Waals surface area contributed by atoms with E-state index >= 15 is 0 Å². The Labute approximate surface area is 449 Å². The SMILES string of the molecule is CC(C)(C)c1ccc(-c2cc(C(C)(C)C)ccc2N2c3cc4c(cc3B3c5sc6cc(C(C)(C)C)ccc6c5N(c5ccc6c(c5)C(C)(C)CCC6(C)C)c5nc(C(C)(C)C)nc2c53)C(C)(C)CCC4(C)C)cc1. The minimum absolute atomic E-state index is 0.00116. The number of aromatic nitrogens is 2. The molecule has 4 heterocycles. The summed E-state index contributed by atoms with van der Waals surface area (Å²) in [5, 5.41) is 1.29. The van der Waals surface area contributed by atoms with Crippen molar-refractivity contribution in [2.45, 2.75) is 207 Å². The summed E-state index contributed by atoms with van der Waals surface area (Å²) in [5.41, 5.74) is 19.4. The largest absolute Gasteiger partial charge is 0.295 e. The summed E-state index contributed by atoms with van der Waals surface area (Å²) >= 11 is 2.00. The van der Waals surface area contributed by atoms with Gasteiger partial charge in [0.2, 0.25) is 0 Å². The Morgan fingerprint density at radius 3 is 1.54 bits per heavy atom. The molecule has 0 radical (unpaired) electrons. The summed E-state index contributed by atoms with van der Waals surface area (Å²) in [6.45, 7) is 47.5. The smallest absolute Gasteiger partial charge is 0.268 e. The monoisotopic (exact) mass is 999 g/mol. The lowest BCUT2D eigenvalue weighted by atomic mass is 9.36. The molecular formula is C68H83BN4S. The van der Waals surface area contributed by atoms with E-state index < -0.39 is 0 Å². The lowest BCUT2D eigenvalue weighted by Crippen LogP contribution is -2.61. The maximum atomic E-state index is 5.97. The third kappa shape index (κ3) is 8.03. The normalized spacial score (nSPS) is 18.4. The first-order valence-corrected chi connectivity index (χ1v) is 28.7. The minimum Gasteiger partial charge on any atom is -0.295 e. The number of nitrogens with zero attached hydrogens (tertiary/aromatic N) is 4. The van der Waals surface area contributed by atoms with Gasteiger partial charge in [-0.05, 0) is 150 Å². The fraction of sp³-hybridized carbons (Fsp3) is 0.471. The quantitative estimate of drug-likeness (QED) is 0.165. The average molecular weight is 999 g/mol. The molecule has 2 aliphatic carbocycles. The number of fused-ring (bicyclic) bond motifs is 8. The molecule has 11 rings (SSSR count). The molecule has 6 heteroatoms. The number of rotatable bonds is 3. The molecule has 5 aromatic carbocycles. The van der Waals surface area contributed by atoms with Gasteiger partial charge >= 0.3 is 0 Å². The molecule has 384 valence electrons. The van der Waals surface area contributed by atoms with Crippen LogP contribution in [0.25, 0.3) is 21.2 Å². The van der Waals surface area contributed by atoms with Crippen molar-refractivity contribution in [3.05, 3.63) is 136 Å². The molecule has 2 aliphatic heterocycles. The molecule has 4 nitrogen and oxygen atoms in total. The van der Waals surface area contributed by atoms with Gasteiger partial charge in [-0.25, -0.2) is 9.97 Å². The molecule has 2 aromatic heterocycles. The highest BCUT2D eigenvalue weighted by Crippen LogP contribution is 2.54. The van der Waals surface area contributed by atoms with Gasteiger partial charge in [-0.2, -0.15) is 0 Å². The maximum Gasteiger partial charge on any atom is 0.268 e. The van der Waals surface area contributed by atoms with Crippen molar-refractivity contribution in [1.82, 2.24) is 9.97 Å². The first-order chi connectivity index (χ1) is 34.2. The zero-order chi connectivity index (χ0) is 53.4. The first kappa shape index (κ1) is 50.9. The molecule has 0 bridgehead atoms. The van der Waals surface area contributed by atoms with Crippen LogP contribution in [0.3, 0.4) is 0 Å². The van der Waals surface area contributed by atoms with Crippen LogP contribution in [-0.2, 0) is 43.3 Å². The molecule has 7 aromatic rings. The van der Waals surface area contributed by atoms with Crippen molar-refractivity contribution in [3.63, 3.8) is 0 Å². The van der Waals surface area contributed by atoms with Crippen LogP contribution >= 0.6 is 11.3 Å². The van der Waals surface area contributed by atoms with Crippen LogP contribution in [-0.4, -0.2) is 16.7 Å². The molecule has 0 atom stereocenters. The van der Waals surface area contributed by atoms with Gasteiger partial charge < -0.3 is 0 Å². The number of hydrogen-bond acceptors (Lipinski definition) is 5. The maximum absolute atomic E-state index is 5.97. The van der Waals surface area contributed by atoms with Crippen LogP contribution in [0.4, 0.5) is 34.4 Å². The molecule has 0 N–H and O–H groups in total. The Kier molecular flexibility index (Phi) is 11.1. The zero-order valence-corrected chi connectivity index (χ0v) is 49.6. The standard InChI is InChI=1S/C68H83BN4S/c1-61(2,3)41-23-21-40(22-24-41)46-35-42(62(4,5)6)26-30-52(46)73-53-39-50-49(67(17,18)33-34-68(50,19)20)38-51(53)69-55-58(70-60(64(10,11)12)71-59(55)73)72(44-27-29-47-48(37-44)66(15,16)32-31-65(47,13)14)56-45-28-25-43(63(7,8)9)36-54(45)74-57(56)69/h21-30,35-39H,31-34H2,1-20H3. The molecule has 4 aliphatic rings. The van der Waals surface area contributed by atoms with Crippen molar-refractivity contribution in [3.8, 4) is 11.1 Å². The van der Waals surface area contributed by atoms with Crippen molar-refractivity contribution in [2.75, 3.05) is 9.80 Å². The van der Waals surface area contributed by atoms with Gasteiger partial charge in [0.15, 0.2) is 0 Å². The van der Waals surface area contributed by atoms with E-state index in [0.717, 1.165) is 42.4 Å². The summed E-state index contributed by atoms with van der Waals surface area (Å²) < 4.78 is 2.70. The van der Waals surface area contributed by atoms with E-state index in [1.165, 1.54) is 99.3 Å².